The number of nitrogens with zero attached hydrogens (tertiary/aromatic N) is 3. The molecule has 1 atom stereocenters. The summed E-state index contributed by atoms with van der Waals surface area (Å²) < 4.78 is 15.9. The van der Waals surface area contributed by atoms with Gasteiger partial charge in [-0.1, -0.05) is 18.2 Å². The van der Waals surface area contributed by atoms with Crippen LogP contribution in [0.1, 0.15) is 29.7 Å². The van der Waals surface area contributed by atoms with Crippen LogP contribution in [0.15, 0.2) is 30.7 Å². The van der Waals surface area contributed by atoms with Gasteiger partial charge in [0.25, 0.3) is 0 Å². The molecule has 0 amide bonds. The first-order chi connectivity index (χ1) is 10.9. The number of aliphatic hydroxyl groups is 1. The molecular formula is C17H17ClFN3O. The lowest BCUT2D eigenvalue weighted by Crippen LogP contribution is -2.47. The molecule has 1 unspecified atom stereocenters. The quantitative estimate of drug-likeness (QED) is 0.856. The smallest absolute Gasteiger partial charge is 0.139 e. The van der Waals surface area contributed by atoms with Crippen LogP contribution >= 0.6 is 11.6 Å². The van der Waals surface area contributed by atoms with E-state index in [1.807, 2.05) is 6.07 Å². The number of halogens is 2. The SMILES string of the molecule is Cc1cccc(CC(O)(Cn2cncc2C#N)C2(Cl)CC2)c1F. The molecule has 1 N–H and O–H groups in total. The van der Waals surface area contributed by atoms with Crippen LogP contribution in [0, 0.1) is 24.1 Å². The Morgan fingerprint density at radius 2 is 2.26 bits per heavy atom. The van der Waals surface area contributed by atoms with E-state index in [-0.39, 0.29) is 18.8 Å². The van der Waals surface area contributed by atoms with Crippen LogP contribution in [0.25, 0.3) is 0 Å². The standard InChI is InChI=1S/C17H17ClFN3O/c1-12-3-2-4-13(15(12)19)7-17(23,16(18)5-6-16)10-22-11-21-9-14(22)8-20/h2-4,9,11,23H,5-7,10H2,1H3. The summed E-state index contributed by atoms with van der Waals surface area (Å²) in [4.78, 5) is 3.14. The van der Waals surface area contributed by atoms with Gasteiger partial charge in [0, 0.05) is 6.42 Å². The minimum absolute atomic E-state index is 0.0903. The fourth-order valence-corrected chi connectivity index (χ4v) is 3.13. The summed E-state index contributed by atoms with van der Waals surface area (Å²) in [7, 11) is 0. The van der Waals surface area contributed by atoms with Gasteiger partial charge in [-0.15, -0.1) is 11.6 Å². The van der Waals surface area contributed by atoms with E-state index < -0.39 is 10.5 Å². The summed E-state index contributed by atoms with van der Waals surface area (Å²) in [5.41, 5.74) is -0.0492. The Labute approximate surface area is 139 Å². The molecule has 0 bridgehead atoms. The van der Waals surface area contributed by atoms with Crippen LogP contribution in [0.2, 0.25) is 0 Å². The van der Waals surface area contributed by atoms with Crippen LogP contribution in [0.5, 0.6) is 0 Å². The molecule has 4 nitrogen and oxygen atoms in total. The van der Waals surface area contributed by atoms with Gasteiger partial charge in [-0.05, 0) is 30.9 Å². The average molecular weight is 334 g/mol. The van der Waals surface area contributed by atoms with Crippen molar-refractivity contribution in [3.8, 4) is 6.07 Å². The molecule has 1 aromatic carbocycles. The van der Waals surface area contributed by atoms with Crippen molar-refractivity contribution >= 4 is 11.6 Å². The zero-order valence-corrected chi connectivity index (χ0v) is 13.5. The Hall–Kier alpha value is -1.90. The summed E-state index contributed by atoms with van der Waals surface area (Å²) in [5, 5.41) is 20.3. The van der Waals surface area contributed by atoms with Crippen molar-refractivity contribution in [2.75, 3.05) is 0 Å². The monoisotopic (exact) mass is 333 g/mol. The van der Waals surface area contributed by atoms with Crippen molar-refractivity contribution in [2.45, 2.75) is 43.2 Å². The first-order valence-electron chi connectivity index (χ1n) is 7.44. The Balaban J connectivity index is 1.95. The zero-order chi connectivity index (χ0) is 16.7. The molecule has 1 saturated carbocycles. The molecule has 0 radical (unpaired) electrons. The molecule has 23 heavy (non-hydrogen) atoms. The molecule has 3 rings (SSSR count). The van der Waals surface area contributed by atoms with E-state index in [0.717, 1.165) is 0 Å². The van der Waals surface area contributed by atoms with Gasteiger partial charge in [0.2, 0.25) is 0 Å². The Morgan fingerprint density at radius 1 is 1.52 bits per heavy atom. The van der Waals surface area contributed by atoms with Crippen molar-refractivity contribution in [3.63, 3.8) is 0 Å². The van der Waals surface area contributed by atoms with Crippen LogP contribution < -0.4 is 0 Å². The Morgan fingerprint density at radius 3 is 2.91 bits per heavy atom. The first kappa shape index (κ1) is 16.0. The minimum atomic E-state index is -1.35. The summed E-state index contributed by atoms with van der Waals surface area (Å²) in [6, 6.07) is 7.14. The van der Waals surface area contributed by atoms with E-state index in [1.165, 1.54) is 12.5 Å². The van der Waals surface area contributed by atoms with E-state index in [2.05, 4.69) is 4.98 Å². The Kier molecular flexibility index (Phi) is 3.91. The number of hydrogen-bond acceptors (Lipinski definition) is 3. The Bertz CT molecular complexity index is 778. The molecule has 1 aliphatic rings. The van der Waals surface area contributed by atoms with Gasteiger partial charge in [0.05, 0.1) is 23.9 Å². The number of nitriles is 1. The van der Waals surface area contributed by atoms with Crippen LogP contribution in [-0.2, 0) is 13.0 Å². The maximum Gasteiger partial charge on any atom is 0.139 e. The molecular weight excluding hydrogens is 317 g/mol. The highest BCUT2D eigenvalue weighted by Gasteiger charge is 2.58. The van der Waals surface area contributed by atoms with Crippen molar-refractivity contribution in [1.82, 2.24) is 9.55 Å². The molecule has 1 aliphatic carbocycles. The van der Waals surface area contributed by atoms with Gasteiger partial charge < -0.3 is 9.67 Å². The third-order valence-corrected chi connectivity index (χ3v) is 5.27. The highest BCUT2D eigenvalue weighted by molar-refractivity contribution is 6.26. The van der Waals surface area contributed by atoms with Gasteiger partial charge in [-0.25, -0.2) is 9.37 Å². The predicted molar refractivity (Wildman–Crippen MR) is 84.6 cm³/mol. The van der Waals surface area contributed by atoms with Gasteiger partial charge in [0.15, 0.2) is 0 Å². The van der Waals surface area contributed by atoms with Crippen molar-refractivity contribution < 1.29 is 9.50 Å². The van der Waals surface area contributed by atoms with E-state index in [4.69, 9.17) is 16.9 Å². The second kappa shape index (κ2) is 5.63. The molecule has 2 aromatic rings. The molecule has 1 fully saturated rings. The van der Waals surface area contributed by atoms with E-state index in [9.17, 15) is 9.50 Å². The van der Waals surface area contributed by atoms with E-state index in [0.29, 0.717) is 29.7 Å². The van der Waals surface area contributed by atoms with Gasteiger partial charge in [0.1, 0.15) is 23.2 Å². The molecule has 120 valence electrons. The second-order valence-electron chi connectivity index (χ2n) is 6.24. The number of hydrogen-bond donors (Lipinski definition) is 1. The molecule has 1 heterocycles. The van der Waals surface area contributed by atoms with Crippen molar-refractivity contribution in [1.29, 1.82) is 5.26 Å². The molecule has 0 aliphatic heterocycles. The van der Waals surface area contributed by atoms with Gasteiger partial charge in [-0.3, -0.25) is 0 Å². The summed E-state index contributed by atoms with van der Waals surface area (Å²) in [5.74, 6) is -0.321. The average Bonchev–Trinajstić information content (AvgIpc) is 3.12. The lowest BCUT2D eigenvalue weighted by Gasteiger charge is -2.34. The summed E-state index contributed by atoms with van der Waals surface area (Å²) >= 11 is 6.52. The van der Waals surface area contributed by atoms with E-state index in [1.54, 1.807) is 29.7 Å². The van der Waals surface area contributed by atoms with Crippen molar-refractivity contribution in [2.24, 2.45) is 0 Å². The number of benzene rings is 1. The van der Waals surface area contributed by atoms with Gasteiger partial charge >= 0.3 is 0 Å². The fourth-order valence-electron chi connectivity index (χ4n) is 2.91. The lowest BCUT2D eigenvalue weighted by molar-refractivity contribution is 0.00993. The first-order valence-corrected chi connectivity index (χ1v) is 7.82. The topological polar surface area (TPSA) is 61.8 Å². The summed E-state index contributed by atoms with van der Waals surface area (Å²) in [6.07, 6.45) is 4.33. The normalized spacial score (nSPS) is 18.2. The largest absolute Gasteiger partial charge is 0.386 e. The van der Waals surface area contributed by atoms with Crippen LogP contribution in [0.3, 0.4) is 0 Å². The van der Waals surface area contributed by atoms with Crippen molar-refractivity contribution in [3.05, 3.63) is 53.4 Å². The predicted octanol–water partition coefficient (Wildman–Crippen LogP) is 2.95. The molecule has 0 saturated heterocycles. The third-order valence-electron chi connectivity index (χ3n) is 4.54. The highest BCUT2D eigenvalue weighted by Crippen LogP contribution is 2.53. The maximum absolute atomic E-state index is 14.3. The van der Waals surface area contributed by atoms with E-state index >= 15 is 0 Å². The lowest BCUT2D eigenvalue weighted by atomic mass is 9.88. The number of aryl methyl sites for hydroxylation is 1. The number of aromatic nitrogens is 2. The second-order valence-corrected chi connectivity index (χ2v) is 6.96. The fraction of sp³-hybridized carbons (Fsp3) is 0.412. The molecule has 1 aromatic heterocycles. The molecule has 0 spiro atoms. The van der Waals surface area contributed by atoms with Crippen LogP contribution in [-0.4, -0.2) is 25.1 Å². The maximum atomic E-state index is 14.3. The highest BCUT2D eigenvalue weighted by atomic mass is 35.5. The number of rotatable bonds is 5. The molecule has 6 heteroatoms. The number of imidazole rings is 1. The van der Waals surface area contributed by atoms with Gasteiger partial charge in [-0.2, -0.15) is 5.26 Å². The third kappa shape index (κ3) is 2.85. The zero-order valence-electron chi connectivity index (χ0n) is 12.8. The minimum Gasteiger partial charge on any atom is -0.386 e. The number of alkyl halides is 1. The summed E-state index contributed by atoms with van der Waals surface area (Å²) in [6.45, 7) is 1.79. The van der Waals surface area contributed by atoms with Crippen LogP contribution in [0.4, 0.5) is 4.39 Å².